The van der Waals surface area contributed by atoms with E-state index in [0.29, 0.717) is 25.1 Å². The molecular weight excluding hydrogens is 388 g/mol. The normalized spacial score (nSPS) is 13.4. The molecule has 0 fully saturated rings. The molecule has 3 rings (SSSR count). The van der Waals surface area contributed by atoms with Crippen LogP contribution in [-0.2, 0) is 13.0 Å². The van der Waals surface area contributed by atoms with Crippen molar-refractivity contribution in [2.45, 2.75) is 26.3 Å². The zero-order valence-corrected chi connectivity index (χ0v) is 15.4. The lowest BCUT2D eigenvalue weighted by Crippen LogP contribution is -2.43. The lowest BCUT2D eigenvalue weighted by atomic mass is 10.1. The number of benzene rings is 1. The molecule has 1 aliphatic rings. The highest BCUT2D eigenvalue weighted by Crippen LogP contribution is 2.26. The molecule has 0 atom stereocenters. The molecule has 7 nitrogen and oxygen atoms in total. The van der Waals surface area contributed by atoms with Crippen LogP contribution in [0.1, 0.15) is 35.1 Å². The van der Waals surface area contributed by atoms with Gasteiger partial charge in [-0.1, -0.05) is 22.9 Å². The average molecular weight is 407 g/mol. The summed E-state index contributed by atoms with van der Waals surface area (Å²) in [5, 5.41) is 16.6. The van der Waals surface area contributed by atoms with Gasteiger partial charge in [0.05, 0.1) is 17.9 Å². The van der Waals surface area contributed by atoms with Crippen LogP contribution in [0.25, 0.3) is 5.69 Å². The van der Waals surface area contributed by atoms with Gasteiger partial charge in [-0.2, -0.15) is 5.10 Å². The van der Waals surface area contributed by atoms with Gasteiger partial charge in [-0.15, -0.1) is 0 Å². The molecule has 2 heterocycles. The maximum Gasteiger partial charge on any atom is 0.356 e. The average Bonchev–Trinajstić information content (AvgIpc) is 2.99. The van der Waals surface area contributed by atoms with Crippen molar-refractivity contribution in [2.24, 2.45) is 0 Å². The zero-order valence-electron chi connectivity index (χ0n) is 13.8. The first-order valence-electron chi connectivity index (χ1n) is 8.14. The molecular formula is C17H19BrN4O3. The number of hydrogen-bond donors (Lipinski definition) is 2. The summed E-state index contributed by atoms with van der Waals surface area (Å²) in [5.41, 5.74) is 2.26. The minimum atomic E-state index is -1.08. The van der Waals surface area contributed by atoms with Crippen molar-refractivity contribution in [3.8, 4) is 5.69 Å². The fourth-order valence-electron chi connectivity index (χ4n) is 2.90. The first kappa shape index (κ1) is 17.5. The molecule has 2 amide bonds. The van der Waals surface area contributed by atoms with Crippen molar-refractivity contribution in [3.05, 3.63) is 45.7 Å². The summed E-state index contributed by atoms with van der Waals surface area (Å²) in [6.07, 6.45) is 1.41. The molecule has 25 heavy (non-hydrogen) atoms. The smallest absolute Gasteiger partial charge is 0.356 e. The molecule has 8 heteroatoms. The lowest BCUT2D eigenvalue weighted by molar-refractivity contribution is 0.0687. The van der Waals surface area contributed by atoms with Crippen LogP contribution < -0.4 is 5.32 Å². The highest BCUT2D eigenvalue weighted by atomic mass is 79.9. The quantitative estimate of drug-likeness (QED) is 0.816. The number of halogens is 1. The second kappa shape index (κ2) is 7.26. The summed E-state index contributed by atoms with van der Waals surface area (Å²) in [7, 11) is 0. The molecule has 1 aromatic heterocycles. The first-order valence-corrected chi connectivity index (χ1v) is 8.93. The van der Waals surface area contributed by atoms with E-state index < -0.39 is 5.97 Å². The minimum Gasteiger partial charge on any atom is -0.476 e. The highest BCUT2D eigenvalue weighted by molar-refractivity contribution is 9.10. The van der Waals surface area contributed by atoms with Crippen LogP contribution >= 0.6 is 15.9 Å². The van der Waals surface area contributed by atoms with Crippen molar-refractivity contribution >= 4 is 27.9 Å². The van der Waals surface area contributed by atoms with Gasteiger partial charge in [0.1, 0.15) is 0 Å². The summed E-state index contributed by atoms with van der Waals surface area (Å²) in [4.78, 5) is 25.5. The Bertz CT molecular complexity index is 801. The largest absolute Gasteiger partial charge is 0.476 e. The van der Waals surface area contributed by atoms with Crippen molar-refractivity contribution in [2.75, 3.05) is 13.1 Å². The molecule has 1 aliphatic heterocycles. The van der Waals surface area contributed by atoms with Gasteiger partial charge in [0, 0.05) is 29.5 Å². The molecule has 0 radical (unpaired) electrons. The van der Waals surface area contributed by atoms with E-state index in [4.69, 9.17) is 0 Å². The number of fused-ring (bicyclic) bond motifs is 1. The number of hydrogen-bond acceptors (Lipinski definition) is 3. The summed E-state index contributed by atoms with van der Waals surface area (Å²) in [6.45, 7) is 3.37. The number of carboxylic acids is 1. The van der Waals surface area contributed by atoms with E-state index in [2.05, 4.69) is 26.3 Å². The van der Waals surface area contributed by atoms with Crippen LogP contribution in [0.3, 0.4) is 0 Å². The minimum absolute atomic E-state index is 0.00547. The summed E-state index contributed by atoms with van der Waals surface area (Å²) >= 11 is 3.39. The number of carboxylic acid groups (broad SMARTS) is 1. The van der Waals surface area contributed by atoms with Crippen LogP contribution in [0.15, 0.2) is 28.7 Å². The molecule has 0 spiro atoms. The second-order valence-corrected chi connectivity index (χ2v) is 6.79. The first-order chi connectivity index (χ1) is 12.0. The molecule has 1 aromatic carbocycles. The molecule has 0 saturated heterocycles. The lowest BCUT2D eigenvalue weighted by Gasteiger charge is -2.27. The van der Waals surface area contributed by atoms with Gasteiger partial charge in [-0.05, 0) is 30.7 Å². The SMILES string of the molecule is CCCNC(=O)N1CCc2c(c(C(=O)O)nn2-c2ccc(Br)cc2)C1. The Labute approximate surface area is 153 Å². The number of aromatic nitrogens is 2. The fraction of sp³-hybridized carbons (Fsp3) is 0.353. The van der Waals surface area contributed by atoms with Crippen molar-refractivity contribution in [1.29, 1.82) is 0 Å². The van der Waals surface area contributed by atoms with E-state index in [-0.39, 0.29) is 18.3 Å². The van der Waals surface area contributed by atoms with Gasteiger partial charge in [0.2, 0.25) is 0 Å². The second-order valence-electron chi connectivity index (χ2n) is 5.87. The number of urea groups is 1. The number of amides is 2. The van der Waals surface area contributed by atoms with Crippen molar-refractivity contribution in [1.82, 2.24) is 20.0 Å². The van der Waals surface area contributed by atoms with E-state index in [1.807, 2.05) is 31.2 Å². The van der Waals surface area contributed by atoms with Gasteiger partial charge in [-0.25, -0.2) is 14.3 Å². The fourth-order valence-corrected chi connectivity index (χ4v) is 3.17. The Hall–Kier alpha value is -2.35. The molecule has 0 unspecified atom stereocenters. The number of nitrogens with one attached hydrogen (secondary N) is 1. The van der Waals surface area contributed by atoms with E-state index in [1.54, 1.807) is 9.58 Å². The summed E-state index contributed by atoms with van der Waals surface area (Å²) in [5.74, 6) is -1.08. The third-order valence-electron chi connectivity index (χ3n) is 4.14. The zero-order chi connectivity index (χ0) is 18.0. The Morgan fingerprint density at radius 3 is 2.68 bits per heavy atom. The van der Waals surface area contributed by atoms with Crippen LogP contribution in [0.4, 0.5) is 4.79 Å². The number of nitrogens with zero attached hydrogens (tertiary/aromatic N) is 3. The highest BCUT2D eigenvalue weighted by Gasteiger charge is 2.30. The number of rotatable bonds is 4. The van der Waals surface area contributed by atoms with Gasteiger partial charge >= 0.3 is 12.0 Å². The van der Waals surface area contributed by atoms with E-state index in [9.17, 15) is 14.7 Å². The number of aromatic carboxylic acids is 1. The van der Waals surface area contributed by atoms with Crippen LogP contribution in [0.2, 0.25) is 0 Å². The predicted molar refractivity (Wildman–Crippen MR) is 96.0 cm³/mol. The van der Waals surface area contributed by atoms with Crippen LogP contribution in [0, 0.1) is 0 Å². The van der Waals surface area contributed by atoms with Crippen LogP contribution in [-0.4, -0.2) is 44.9 Å². The van der Waals surface area contributed by atoms with E-state index >= 15 is 0 Å². The van der Waals surface area contributed by atoms with Gasteiger partial charge < -0.3 is 15.3 Å². The molecule has 2 aromatic rings. The van der Waals surface area contributed by atoms with Crippen LogP contribution in [0.5, 0.6) is 0 Å². The summed E-state index contributed by atoms with van der Waals surface area (Å²) < 4.78 is 2.61. The molecule has 0 saturated carbocycles. The monoisotopic (exact) mass is 406 g/mol. The Morgan fingerprint density at radius 2 is 2.04 bits per heavy atom. The Kier molecular flexibility index (Phi) is 5.08. The van der Waals surface area contributed by atoms with Crippen molar-refractivity contribution in [3.63, 3.8) is 0 Å². The van der Waals surface area contributed by atoms with Gasteiger partial charge in [0.25, 0.3) is 0 Å². The Morgan fingerprint density at radius 1 is 1.32 bits per heavy atom. The van der Waals surface area contributed by atoms with E-state index in [1.165, 1.54) is 0 Å². The molecule has 0 aliphatic carbocycles. The molecule has 2 N–H and O–H groups in total. The standard InChI is InChI=1S/C17H19BrN4O3/c1-2-8-19-17(25)21-9-7-14-13(10-21)15(16(23)24)20-22(14)12-5-3-11(18)4-6-12/h3-6H,2,7-10H2,1H3,(H,19,25)(H,23,24). The number of carbonyl (C=O) groups excluding carboxylic acids is 1. The summed E-state index contributed by atoms with van der Waals surface area (Å²) in [6, 6.07) is 7.36. The molecule has 0 bridgehead atoms. The van der Waals surface area contributed by atoms with E-state index in [0.717, 1.165) is 22.3 Å². The Balaban J connectivity index is 1.95. The van der Waals surface area contributed by atoms with Crippen molar-refractivity contribution < 1.29 is 14.7 Å². The third kappa shape index (κ3) is 3.53. The molecule has 132 valence electrons. The van der Waals surface area contributed by atoms with Gasteiger partial charge in [0.15, 0.2) is 5.69 Å². The number of carbonyl (C=O) groups is 2. The topological polar surface area (TPSA) is 87.5 Å². The maximum absolute atomic E-state index is 12.2. The predicted octanol–water partition coefficient (Wildman–Crippen LogP) is 2.81. The maximum atomic E-state index is 12.2. The van der Waals surface area contributed by atoms with Gasteiger partial charge in [-0.3, -0.25) is 0 Å². The third-order valence-corrected chi connectivity index (χ3v) is 4.67.